The third-order valence-electron chi connectivity index (χ3n) is 3.33. The maximum atomic E-state index is 4.47. The molecule has 0 atom stereocenters. The van der Waals surface area contributed by atoms with Crippen molar-refractivity contribution in [3.05, 3.63) is 29.6 Å². The standard InChI is InChI=1S/C13H22N6/c1-11-9-12(2)19(16-11)8-6-17(4)5-7-18-10-14-15-13(18)3/h9-10H,5-8H2,1-4H3. The van der Waals surface area contributed by atoms with Crippen LogP contribution in [0.3, 0.4) is 0 Å². The molecule has 2 rings (SSSR count). The molecule has 0 aliphatic carbocycles. The van der Waals surface area contributed by atoms with Crippen molar-refractivity contribution >= 4 is 0 Å². The summed E-state index contributed by atoms with van der Waals surface area (Å²) < 4.78 is 4.13. The first-order valence-electron chi connectivity index (χ1n) is 6.60. The Morgan fingerprint density at radius 1 is 1.16 bits per heavy atom. The lowest BCUT2D eigenvalue weighted by atomic mass is 10.4. The van der Waals surface area contributed by atoms with Crippen LogP contribution in [0.2, 0.25) is 0 Å². The quantitative estimate of drug-likeness (QED) is 0.780. The molecule has 0 unspecified atom stereocenters. The summed E-state index contributed by atoms with van der Waals surface area (Å²) in [6.45, 7) is 9.93. The van der Waals surface area contributed by atoms with Crippen LogP contribution in [-0.2, 0) is 13.1 Å². The zero-order chi connectivity index (χ0) is 13.8. The van der Waals surface area contributed by atoms with Crippen LogP contribution in [0.1, 0.15) is 17.2 Å². The maximum absolute atomic E-state index is 4.47. The van der Waals surface area contributed by atoms with E-state index >= 15 is 0 Å². The van der Waals surface area contributed by atoms with Crippen molar-refractivity contribution in [2.45, 2.75) is 33.9 Å². The highest BCUT2D eigenvalue weighted by Gasteiger charge is 2.04. The first kappa shape index (κ1) is 13.7. The van der Waals surface area contributed by atoms with Crippen molar-refractivity contribution in [1.29, 1.82) is 0 Å². The molecule has 104 valence electrons. The number of nitrogens with zero attached hydrogens (tertiary/aromatic N) is 6. The molecule has 2 heterocycles. The second kappa shape index (κ2) is 5.97. The predicted molar refractivity (Wildman–Crippen MR) is 74.0 cm³/mol. The molecule has 0 saturated heterocycles. The Hall–Kier alpha value is -1.69. The molecule has 0 radical (unpaired) electrons. The van der Waals surface area contributed by atoms with Gasteiger partial charge in [-0.05, 0) is 33.9 Å². The normalized spacial score (nSPS) is 11.4. The zero-order valence-corrected chi connectivity index (χ0v) is 12.2. The maximum Gasteiger partial charge on any atom is 0.129 e. The fourth-order valence-electron chi connectivity index (χ4n) is 2.09. The lowest BCUT2D eigenvalue weighted by Gasteiger charge is -2.17. The molecule has 2 aromatic heterocycles. The summed E-state index contributed by atoms with van der Waals surface area (Å²) in [7, 11) is 2.13. The molecule has 2 aromatic rings. The van der Waals surface area contributed by atoms with Gasteiger partial charge in [-0.15, -0.1) is 10.2 Å². The average molecular weight is 262 g/mol. The third kappa shape index (κ3) is 3.64. The number of hydrogen-bond acceptors (Lipinski definition) is 4. The van der Waals surface area contributed by atoms with E-state index in [1.54, 1.807) is 6.33 Å². The molecule has 19 heavy (non-hydrogen) atoms. The lowest BCUT2D eigenvalue weighted by Crippen LogP contribution is -2.27. The average Bonchev–Trinajstić information content (AvgIpc) is 2.90. The highest BCUT2D eigenvalue weighted by molar-refractivity contribution is 5.06. The molecule has 0 aromatic carbocycles. The Bertz CT molecular complexity index is 527. The van der Waals surface area contributed by atoms with Crippen molar-refractivity contribution in [2.75, 3.05) is 20.1 Å². The van der Waals surface area contributed by atoms with Crippen LogP contribution in [0.4, 0.5) is 0 Å². The third-order valence-corrected chi connectivity index (χ3v) is 3.33. The van der Waals surface area contributed by atoms with Crippen LogP contribution >= 0.6 is 0 Å². The van der Waals surface area contributed by atoms with Gasteiger partial charge in [0.2, 0.25) is 0 Å². The molecular formula is C13H22N6. The van der Waals surface area contributed by atoms with Gasteiger partial charge in [-0.2, -0.15) is 5.10 Å². The van der Waals surface area contributed by atoms with Crippen LogP contribution < -0.4 is 0 Å². The number of likely N-dealkylation sites (N-methyl/N-ethyl adjacent to an activating group) is 1. The highest BCUT2D eigenvalue weighted by atomic mass is 15.3. The molecule has 0 bridgehead atoms. The smallest absolute Gasteiger partial charge is 0.129 e. The summed E-state index contributed by atoms with van der Waals surface area (Å²) >= 11 is 0. The topological polar surface area (TPSA) is 51.8 Å². The van der Waals surface area contributed by atoms with Crippen LogP contribution in [-0.4, -0.2) is 49.6 Å². The largest absolute Gasteiger partial charge is 0.317 e. The van der Waals surface area contributed by atoms with Gasteiger partial charge in [-0.1, -0.05) is 0 Å². The van der Waals surface area contributed by atoms with Gasteiger partial charge >= 0.3 is 0 Å². The summed E-state index contributed by atoms with van der Waals surface area (Å²) in [5.41, 5.74) is 2.31. The van der Waals surface area contributed by atoms with E-state index in [0.29, 0.717) is 0 Å². The van der Waals surface area contributed by atoms with Crippen molar-refractivity contribution in [3.8, 4) is 0 Å². The summed E-state index contributed by atoms with van der Waals surface area (Å²) in [4.78, 5) is 2.30. The molecule has 0 N–H and O–H groups in total. The Morgan fingerprint density at radius 2 is 1.89 bits per heavy atom. The highest BCUT2D eigenvalue weighted by Crippen LogP contribution is 2.02. The first-order valence-corrected chi connectivity index (χ1v) is 6.60. The van der Waals surface area contributed by atoms with E-state index in [2.05, 4.69) is 49.5 Å². The van der Waals surface area contributed by atoms with Crippen LogP contribution in [0.25, 0.3) is 0 Å². The second-order valence-corrected chi connectivity index (χ2v) is 5.03. The minimum absolute atomic E-state index is 0.923. The summed E-state index contributed by atoms with van der Waals surface area (Å²) in [5, 5.41) is 12.3. The van der Waals surface area contributed by atoms with Crippen LogP contribution in [0.15, 0.2) is 12.4 Å². The second-order valence-electron chi connectivity index (χ2n) is 5.03. The summed E-state index contributed by atoms with van der Waals surface area (Å²) in [6.07, 6.45) is 1.78. The molecule has 6 nitrogen and oxygen atoms in total. The molecule has 6 heteroatoms. The van der Waals surface area contributed by atoms with E-state index in [-0.39, 0.29) is 0 Å². The van der Waals surface area contributed by atoms with Crippen LogP contribution in [0.5, 0.6) is 0 Å². The fourth-order valence-corrected chi connectivity index (χ4v) is 2.09. The number of aromatic nitrogens is 5. The number of rotatable bonds is 6. The Morgan fingerprint density at radius 3 is 2.47 bits per heavy atom. The van der Waals surface area contributed by atoms with Crippen molar-refractivity contribution in [2.24, 2.45) is 0 Å². The minimum atomic E-state index is 0.923. The van der Waals surface area contributed by atoms with Crippen molar-refractivity contribution < 1.29 is 0 Å². The fraction of sp³-hybridized carbons (Fsp3) is 0.615. The first-order chi connectivity index (χ1) is 9.06. The van der Waals surface area contributed by atoms with Gasteiger partial charge in [0.05, 0.1) is 12.2 Å². The predicted octanol–water partition coefficient (Wildman–Crippen LogP) is 1.03. The Labute approximate surface area is 114 Å². The van der Waals surface area contributed by atoms with E-state index in [0.717, 1.165) is 37.7 Å². The van der Waals surface area contributed by atoms with E-state index in [9.17, 15) is 0 Å². The molecular weight excluding hydrogens is 240 g/mol. The van der Waals surface area contributed by atoms with Gasteiger partial charge in [0.15, 0.2) is 0 Å². The van der Waals surface area contributed by atoms with Crippen molar-refractivity contribution in [1.82, 2.24) is 29.4 Å². The van der Waals surface area contributed by atoms with Gasteiger partial charge < -0.3 is 9.47 Å². The number of aryl methyl sites for hydroxylation is 3. The van der Waals surface area contributed by atoms with Gasteiger partial charge in [0.1, 0.15) is 12.2 Å². The zero-order valence-electron chi connectivity index (χ0n) is 12.2. The van der Waals surface area contributed by atoms with Gasteiger partial charge in [0.25, 0.3) is 0 Å². The van der Waals surface area contributed by atoms with Gasteiger partial charge in [0, 0.05) is 25.3 Å². The minimum Gasteiger partial charge on any atom is -0.317 e. The Kier molecular flexibility index (Phi) is 4.31. The lowest BCUT2D eigenvalue weighted by molar-refractivity contribution is 0.297. The molecule has 0 amide bonds. The van der Waals surface area contributed by atoms with Crippen LogP contribution in [0, 0.1) is 20.8 Å². The molecule has 0 aliphatic rings. The van der Waals surface area contributed by atoms with E-state index < -0.39 is 0 Å². The SMILES string of the molecule is Cc1cc(C)n(CCN(C)CCn2cnnc2C)n1. The Balaban J connectivity index is 1.77. The number of hydrogen-bond donors (Lipinski definition) is 0. The van der Waals surface area contributed by atoms with Gasteiger partial charge in [-0.25, -0.2) is 0 Å². The summed E-state index contributed by atoms with van der Waals surface area (Å²) in [5.74, 6) is 0.965. The molecule has 0 aliphatic heterocycles. The molecule has 0 saturated carbocycles. The summed E-state index contributed by atoms with van der Waals surface area (Å²) in [6, 6.07) is 2.11. The van der Waals surface area contributed by atoms with Gasteiger partial charge in [-0.3, -0.25) is 4.68 Å². The van der Waals surface area contributed by atoms with E-state index in [1.165, 1.54) is 5.69 Å². The van der Waals surface area contributed by atoms with Crippen molar-refractivity contribution in [3.63, 3.8) is 0 Å². The van der Waals surface area contributed by atoms with E-state index in [4.69, 9.17) is 0 Å². The van der Waals surface area contributed by atoms with E-state index in [1.807, 2.05) is 13.8 Å². The molecule has 0 fully saturated rings. The molecule has 0 spiro atoms. The monoisotopic (exact) mass is 262 g/mol.